The number of carbonyl (C=O) groups is 1. The first-order valence-electron chi connectivity index (χ1n) is 10.3. The van der Waals surface area contributed by atoms with Crippen molar-refractivity contribution in [2.24, 2.45) is 5.92 Å². The number of nitrogens with one attached hydrogen (secondary N) is 1. The van der Waals surface area contributed by atoms with E-state index >= 15 is 0 Å². The molecule has 1 aliphatic rings. The van der Waals surface area contributed by atoms with E-state index in [4.69, 9.17) is 9.84 Å². The summed E-state index contributed by atoms with van der Waals surface area (Å²) in [5, 5.41) is 8.30. The van der Waals surface area contributed by atoms with Crippen LogP contribution >= 0.6 is 0 Å². The van der Waals surface area contributed by atoms with Crippen LogP contribution in [0.5, 0.6) is 5.75 Å². The zero-order valence-electron chi connectivity index (χ0n) is 17.4. The third-order valence-corrected chi connectivity index (χ3v) is 5.93. The topological polar surface area (TPSA) is 56.1 Å². The molecule has 0 unspecified atom stereocenters. The highest BCUT2D eigenvalue weighted by molar-refractivity contribution is 6.06. The Balaban J connectivity index is 1.57. The first-order valence-corrected chi connectivity index (χ1v) is 10.3. The maximum atomic E-state index is 12.7. The van der Waals surface area contributed by atoms with Gasteiger partial charge in [-0.1, -0.05) is 6.92 Å². The van der Waals surface area contributed by atoms with E-state index in [2.05, 4.69) is 12.2 Å². The Morgan fingerprint density at radius 2 is 1.81 bits per heavy atom. The van der Waals surface area contributed by atoms with Crippen molar-refractivity contribution in [3.63, 3.8) is 0 Å². The van der Waals surface area contributed by atoms with Crippen molar-refractivity contribution in [3.8, 4) is 5.75 Å². The number of methoxy groups -OCH3 is 1. The summed E-state index contributed by atoms with van der Waals surface area (Å²) in [4.78, 5) is 12.6. The monoisotopic (exact) mass is 431 g/mol. The molecule has 1 amide bonds. The van der Waals surface area contributed by atoms with Crippen LogP contribution in [0.2, 0.25) is 0 Å². The summed E-state index contributed by atoms with van der Waals surface area (Å²) < 4.78 is 45.6. The van der Waals surface area contributed by atoms with Gasteiger partial charge < -0.3 is 10.1 Å². The molecule has 1 heterocycles. The zero-order valence-corrected chi connectivity index (χ0v) is 17.4. The van der Waals surface area contributed by atoms with Gasteiger partial charge in [0.15, 0.2) is 0 Å². The highest BCUT2D eigenvalue weighted by atomic mass is 19.4. The van der Waals surface area contributed by atoms with E-state index in [-0.39, 0.29) is 5.56 Å². The molecule has 31 heavy (non-hydrogen) atoms. The molecular weight excluding hydrogens is 407 g/mol. The summed E-state index contributed by atoms with van der Waals surface area (Å²) in [6.07, 6.45) is 2.06. The van der Waals surface area contributed by atoms with Crippen molar-refractivity contribution in [1.82, 2.24) is 9.78 Å². The second-order valence-corrected chi connectivity index (χ2v) is 8.16. The molecule has 1 aliphatic carbocycles. The molecule has 0 saturated heterocycles. The molecule has 0 aliphatic heterocycles. The molecule has 2 aromatic carbocycles. The van der Waals surface area contributed by atoms with Gasteiger partial charge in [0, 0.05) is 23.2 Å². The van der Waals surface area contributed by atoms with Crippen LogP contribution in [-0.2, 0) is 6.18 Å². The number of fused-ring (bicyclic) bond motifs is 1. The molecule has 0 atom stereocenters. The number of ether oxygens (including phenoxy) is 1. The largest absolute Gasteiger partial charge is 0.494 e. The lowest BCUT2D eigenvalue weighted by Crippen LogP contribution is -2.16. The van der Waals surface area contributed by atoms with Gasteiger partial charge >= 0.3 is 6.18 Å². The van der Waals surface area contributed by atoms with Crippen LogP contribution in [-0.4, -0.2) is 22.8 Å². The third-order valence-electron chi connectivity index (χ3n) is 5.93. The molecule has 1 N–H and O–H groups in total. The number of anilines is 1. The van der Waals surface area contributed by atoms with Gasteiger partial charge in [-0.25, -0.2) is 0 Å². The van der Waals surface area contributed by atoms with Crippen LogP contribution in [0.1, 0.15) is 54.6 Å². The average Bonchev–Trinajstić information content (AvgIpc) is 3.16. The van der Waals surface area contributed by atoms with Crippen molar-refractivity contribution in [1.29, 1.82) is 0 Å². The molecule has 0 bridgehead atoms. The highest BCUT2D eigenvalue weighted by Gasteiger charge is 2.30. The minimum atomic E-state index is -4.44. The number of amides is 1. The predicted molar refractivity (Wildman–Crippen MR) is 112 cm³/mol. The van der Waals surface area contributed by atoms with Crippen LogP contribution in [0.25, 0.3) is 10.9 Å². The molecule has 8 heteroatoms. The number of aromatic nitrogens is 2. The number of hydrogen-bond acceptors (Lipinski definition) is 3. The molecular formula is C23H24F3N3O2. The second kappa shape index (κ2) is 8.24. The maximum Gasteiger partial charge on any atom is 0.416 e. The Bertz CT molecular complexity index is 1080. The molecule has 3 aromatic rings. The van der Waals surface area contributed by atoms with Crippen LogP contribution in [0.4, 0.5) is 18.9 Å². The Kier molecular flexibility index (Phi) is 5.64. The Hall–Kier alpha value is -3.03. The van der Waals surface area contributed by atoms with Crippen molar-refractivity contribution in [2.75, 3.05) is 12.4 Å². The van der Waals surface area contributed by atoms with Crippen LogP contribution in [0, 0.1) is 5.92 Å². The van der Waals surface area contributed by atoms with E-state index in [1.807, 2.05) is 10.9 Å². The normalized spacial score (nSPS) is 19.4. The van der Waals surface area contributed by atoms with E-state index in [0.29, 0.717) is 17.5 Å². The summed E-state index contributed by atoms with van der Waals surface area (Å²) >= 11 is 0. The first kappa shape index (κ1) is 21.2. The quantitative estimate of drug-likeness (QED) is 0.546. The fraction of sp³-hybridized carbons (Fsp3) is 0.391. The van der Waals surface area contributed by atoms with Gasteiger partial charge in [-0.3, -0.25) is 9.48 Å². The second-order valence-electron chi connectivity index (χ2n) is 8.16. The molecule has 164 valence electrons. The standard InChI is InChI=1S/C23H24F3N3O2/c1-14-3-9-18(10-4-14)29-13-16-11-20(21(31-2)12-19(16)28-29)27-22(30)15-5-7-17(8-6-15)23(24,25)26/h5-8,11-14,18H,3-4,9-10H2,1-2H3,(H,27,30). The Labute approximate surface area is 178 Å². The van der Waals surface area contributed by atoms with Gasteiger partial charge in [0.05, 0.1) is 29.9 Å². The summed E-state index contributed by atoms with van der Waals surface area (Å²) in [5.41, 5.74) is 0.537. The van der Waals surface area contributed by atoms with Crippen molar-refractivity contribution >= 4 is 22.5 Å². The molecule has 0 radical (unpaired) electrons. The summed E-state index contributed by atoms with van der Waals surface area (Å²) in [6.45, 7) is 2.27. The van der Waals surface area contributed by atoms with Gasteiger partial charge in [0.2, 0.25) is 0 Å². The third kappa shape index (κ3) is 4.52. The lowest BCUT2D eigenvalue weighted by Gasteiger charge is -2.26. The number of rotatable bonds is 4. The smallest absolute Gasteiger partial charge is 0.416 e. The van der Waals surface area contributed by atoms with Gasteiger partial charge in [0.25, 0.3) is 5.91 Å². The number of carbonyl (C=O) groups excluding carboxylic acids is 1. The molecule has 1 aromatic heterocycles. The van der Waals surface area contributed by atoms with Crippen LogP contribution < -0.4 is 10.1 Å². The molecule has 4 rings (SSSR count). The van der Waals surface area contributed by atoms with Crippen molar-refractivity contribution in [2.45, 2.75) is 44.8 Å². The van der Waals surface area contributed by atoms with Crippen molar-refractivity contribution < 1.29 is 22.7 Å². The molecule has 1 saturated carbocycles. The zero-order chi connectivity index (χ0) is 22.2. The summed E-state index contributed by atoms with van der Waals surface area (Å²) in [7, 11) is 1.49. The average molecular weight is 431 g/mol. The number of nitrogens with zero attached hydrogens (tertiary/aromatic N) is 2. The first-order chi connectivity index (χ1) is 14.7. The number of alkyl halides is 3. The van der Waals surface area contributed by atoms with Gasteiger partial charge in [-0.15, -0.1) is 0 Å². The summed E-state index contributed by atoms with van der Waals surface area (Å²) in [6, 6.07) is 8.01. The molecule has 0 spiro atoms. The van der Waals surface area contributed by atoms with E-state index in [0.717, 1.165) is 53.9 Å². The van der Waals surface area contributed by atoms with Gasteiger partial charge in [-0.05, 0) is 61.9 Å². The van der Waals surface area contributed by atoms with Crippen molar-refractivity contribution in [3.05, 3.63) is 53.7 Å². The van der Waals surface area contributed by atoms with E-state index < -0.39 is 17.6 Å². The van der Waals surface area contributed by atoms with E-state index in [1.54, 1.807) is 12.1 Å². The minimum Gasteiger partial charge on any atom is -0.494 e. The number of hydrogen-bond donors (Lipinski definition) is 1. The van der Waals surface area contributed by atoms with Gasteiger partial charge in [0.1, 0.15) is 5.75 Å². The Morgan fingerprint density at radius 3 is 2.42 bits per heavy atom. The van der Waals surface area contributed by atoms with Crippen LogP contribution in [0.15, 0.2) is 42.6 Å². The SMILES string of the molecule is COc1cc2nn(C3CCC(C)CC3)cc2cc1NC(=O)c1ccc(C(F)(F)F)cc1. The molecule has 5 nitrogen and oxygen atoms in total. The lowest BCUT2D eigenvalue weighted by molar-refractivity contribution is -0.137. The molecule has 1 fully saturated rings. The van der Waals surface area contributed by atoms with E-state index in [9.17, 15) is 18.0 Å². The predicted octanol–water partition coefficient (Wildman–Crippen LogP) is 6.07. The maximum absolute atomic E-state index is 12.7. The number of halogens is 3. The lowest BCUT2D eigenvalue weighted by atomic mass is 9.87. The fourth-order valence-electron chi connectivity index (χ4n) is 4.04. The van der Waals surface area contributed by atoms with Gasteiger partial charge in [-0.2, -0.15) is 18.3 Å². The summed E-state index contributed by atoms with van der Waals surface area (Å²) in [5.74, 6) is 0.670. The number of benzene rings is 2. The van der Waals surface area contributed by atoms with E-state index in [1.165, 1.54) is 20.0 Å². The minimum absolute atomic E-state index is 0.127. The highest BCUT2D eigenvalue weighted by Crippen LogP contribution is 2.35. The van der Waals surface area contributed by atoms with Crippen LogP contribution in [0.3, 0.4) is 0 Å². The Morgan fingerprint density at radius 1 is 1.13 bits per heavy atom. The fourth-order valence-corrected chi connectivity index (χ4v) is 4.04.